The summed E-state index contributed by atoms with van der Waals surface area (Å²) >= 11 is 1.75. The van der Waals surface area contributed by atoms with Gasteiger partial charge in [0.05, 0.1) is 12.5 Å². The number of nitrogens with two attached hydrogens (primary N) is 1. The fraction of sp³-hybridized carbons (Fsp3) is 0.500. The molecule has 20 heavy (non-hydrogen) atoms. The Kier molecular flexibility index (Phi) is 10.6. The van der Waals surface area contributed by atoms with Crippen LogP contribution in [0.4, 0.5) is 0 Å². The van der Waals surface area contributed by atoms with Gasteiger partial charge in [0.2, 0.25) is 5.91 Å². The summed E-state index contributed by atoms with van der Waals surface area (Å²) < 4.78 is 5.08. The van der Waals surface area contributed by atoms with E-state index in [1.54, 1.807) is 18.9 Å². The number of nitrogens with one attached hydrogen (secondary N) is 1. The van der Waals surface area contributed by atoms with Gasteiger partial charge >= 0.3 is 0 Å². The standard InChI is InChI=1S/C14H22N2O2S.ClH/c1-11(19-13-6-4-3-5-7-13)10-16-14(17)8-12(9-15)18-2;/h3-7,11-12H,8-10,15H2,1-2H3,(H,16,17);1H. The highest BCUT2D eigenvalue weighted by molar-refractivity contribution is 8.00. The minimum atomic E-state index is -0.197. The molecular weight excluding hydrogens is 296 g/mol. The maximum absolute atomic E-state index is 11.7. The molecule has 0 aromatic heterocycles. The predicted octanol–water partition coefficient (Wildman–Crippen LogP) is 2.07. The molecule has 4 nitrogen and oxygen atoms in total. The van der Waals surface area contributed by atoms with Gasteiger partial charge in [-0.1, -0.05) is 25.1 Å². The van der Waals surface area contributed by atoms with Gasteiger partial charge in [-0.25, -0.2) is 0 Å². The summed E-state index contributed by atoms with van der Waals surface area (Å²) in [6, 6.07) is 10.2. The maximum Gasteiger partial charge on any atom is 0.222 e. The molecule has 0 saturated heterocycles. The molecule has 0 fully saturated rings. The van der Waals surface area contributed by atoms with E-state index in [-0.39, 0.29) is 24.4 Å². The smallest absolute Gasteiger partial charge is 0.222 e. The lowest BCUT2D eigenvalue weighted by atomic mass is 10.2. The molecule has 0 aliphatic rings. The molecule has 2 unspecified atom stereocenters. The van der Waals surface area contributed by atoms with Gasteiger partial charge in [0.1, 0.15) is 0 Å². The van der Waals surface area contributed by atoms with E-state index in [4.69, 9.17) is 10.5 Å². The Labute approximate surface area is 131 Å². The highest BCUT2D eigenvalue weighted by Crippen LogP contribution is 2.21. The number of amides is 1. The van der Waals surface area contributed by atoms with E-state index in [2.05, 4.69) is 24.4 Å². The lowest BCUT2D eigenvalue weighted by Crippen LogP contribution is -2.34. The van der Waals surface area contributed by atoms with E-state index in [9.17, 15) is 4.79 Å². The van der Waals surface area contributed by atoms with Gasteiger partial charge in [-0.15, -0.1) is 24.2 Å². The molecule has 114 valence electrons. The minimum absolute atomic E-state index is 0. The van der Waals surface area contributed by atoms with Crippen molar-refractivity contribution in [2.24, 2.45) is 5.73 Å². The van der Waals surface area contributed by atoms with Crippen molar-refractivity contribution < 1.29 is 9.53 Å². The molecular formula is C14H23ClN2O2S. The van der Waals surface area contributed by atoms with Gasteiger partial charge in [0, 0.05) is 30.3 Å². The molecule has 1 rings (SSSR count). The summed E-state index contributed by atoms with van der Waals surface area (Å²) in [5.41, 5.74) is 5.48. The molecule has 2 atom stereocenters. The highest BCUT2D eigenvalue weighted by Gasteiger charge is 2.12. The molecule has 1 aromatic rings. The fourth-order valence-corrected chi connectivity index (χ4v) is 2.52. The van der Waals surface area contributed by atoms with E-state index in [0.717, 1.165) is 0 Å². The molecule has 0 aliphatic heterocycles. The molecule has 0 heterocycles. The van der Waals surface area contributed by atoms with Crippen molar-refractivity contribution in [3.8, 4) is 0 Å². The predicted molar refractivity (Wildman–Crippen MR) is 86.5 cm³/mol. The van der Waals surface area contributed by atoms with Crippen LogP contribution in [-0.2, 0) is 9.53 Å². The van der Waals surface area contributed by atoms with Crippen LogP contribution in [0.2, 0.25) is 0 Å². The summed E-state index contributed by atoms with van der Waals surface area (Å²) in [6.45, 7) is 3.09. The van der Waals surface area contributed by atoms with Gasteiger partial charge in [-0.3, -0.25) is 4.79 Å². The number of halogens is 1. The van der Waals surface area contributed by atoms with E-state index < -0.39 is 0 Å². The zero-order chi connectivity index (χ0) is 14.1. The zero-order valence-electron chi connectivity index (χ0n) is 11.9. The molecule has 3 N–H and O–H groups in total. The first-order valence-corrected chi connectivity index (χ1v) is 7.25. The van der Waals surface area contributed by atoms with Crippen molar-refractivity contribution in [1.29, 1.82) is 0 Å². The molecule has 0 saturated carbocycles. The minimum Gasteiger partial charge on any atom is -0.380 e. The molecule has 1 aromatic carbocycles. The largest absolute Gasteiger partial charge is 0.380 e. The normalized spacial score (nSPS) is 13.2. The van der Waals surface area contributed by atoms with Gasteiger partial charge in [0.15, 0.2) is 0 Å². The van der Waals surface area contributed by atoms with Crippen LogP contribution in [0.15, 0.2) is 35.2 Å². The Morgan fingerprint density at radius 3 is 2.60 bits per heavy atom. The third-order valence-electron chi connectivity index (χ3n) is 2.68. The first kappa shape index (κ1) is 19.2. The Hall–Kier alpha value is -0.750. The number of carbonyl (C=O) groups excluding carboxylic acids is 1. The Bertz CT molecular complexity index is 375. The average Bonchev–Trinajstić information content (AvgIpc) is 2.43. The van der Waals surface area contributed by atoms with E-state index in [1.165, 1.54) is 4.90 Å². The summed E-state index contributed by atoms with van der Waals surface area (Å²) in [5, 5.41) is 3.23. The van der Waals surface area contributed by atoms with Gasteiger partial charge in [0.25, 0.3) is 0 Å². The topological polar surface area (TPSA) is 64.3 Å². The third kappa shape index (κ3) is 7.75. The molecule has 0 aliphatic carbocycles. The molecule has 0 spiro atoms. The summed E-state index contributed by atoms with van der Waals surface area (Å²) in [7, 11) is 1.57. The van der Waals surface area contributed by atoms with Crippen molar-refractivity contribution >= 4 is 30.1 Å². The van der Waals surface area contributed by atoms with Crippen LogP contribution in [0.3, 0.4) is 0 Å². The molecule has 1 amide bonds. The maximum atomic E-state index is 11.7. The van der Waals surface area contributed by atoms with Crippen LogP contribution in [0, 0.1) is 0 Å². The van der Waals surface area contributed by atoms with Gasteiger partial charge in [-0.05, 0) is 12.1 Å². The number of ether oxygens (including phenoxy) is 1. The molecule has 0 bridgehead atoms. The Morgan fingerprint density at radius 2 is 2.05 bits per heavy atom. The van der Waals surface area contributed by atoms with Crippen molar-refractivity contribution in [3.05, 3.63) is 30.3 Å². The fourth-order valence-electron chi connectivity index (χ4n) is 1.57. The average molecular weight is 319 g/mol. The highest BCUT2D eigenvalue weighted by atomic mass is 35.5. The van der Waals surface area contributed by atoms with Gasteiger partial charge in [-0.2, -0.15) is 0 Å². The number of carbonyl (C=O) groups is 1. The van der Waals surface area contributed by atoms with Crippen LogP contribution < -0.4 is 11.1 Å². The summed E-state index contributed by atoms with van der Waals surface area (Å²) in [5.74, 6) is -0.0159. The number of thioether (sulfide) groups is 1. The lowest BCUT2D eigenvalue weighted by molar-refractivity contribution is -0.123. The lowest BCUT2D eigenvalue weighted by Gasteiger charge is -2.15. The number of hydrogen-bond acceptors (Lipinski definition) is 4. The van der Waals surface area contributed by atoms with Crippen LogP contribution in [0.1, 0.15) is 13.3 Å². The first-order valence-electron chi connectivity index (χ1n) is 6.37. The first-order chi connectivity index (χ1) is 9.15. The summed E-state index contributed by atoms with van der Waals surface area (Å²) in [6.07, 6.45) is 0.118. The van der Waals surface area contributed by atoms with Crippen LogP contribution in [0.5, 0.6) is 0 Å². The second kappa shape index (κ2) is 11.0. The second-order valence-corrected chi connectivity index (χ2v) is 5.85. The molecule has 6 heteroatoms. The van der Waals surface area contributed by atoms with E-state index in [0.29, 0.717) is 24.8 Å². The van der Waals surface area contributed by atoms with Crippen molar-refractivity contribution in [2.45, 2.75) is 29.6 Å². The number of rotatable bonds is 8. The van der Waals surface area contributed by atoms with Crippen molar-refractivity contribution in [3.63, 3.8) is 0 Å². The van der Waals surface area contributed by atoms with Crippen molar-refractivity contribution in [1.82, 2.24) is 5.32 Å². The van der Waals surface area contributed by atoms with E-state index >= 15 is 0 Å². The van der Waals surface area contributed by atoms with Crippen molar-refractivity contribution in [2.75, 3.05) is 20.2 Å². The Morgan fingerprint density at radius 1 is 1.40 bits per heavy atom. The monoisotopic (exact) mass is 318 g/mol. The Balaban J connectivity index is 0.00000361. The van der Waals surface area contributed by atoms with Crippen LogP contribution in [-0.4, -0.2) is 37.5 Å². The van der Waals surface area contributed by atoms with Gasteiger partial charge < -0.3 is 15.8 Å². The zero-order valence-corrected chi connectivity index (χ0v) is 13.5. The number of hydrogen-bond donors (Lipinski definition) is 2. The van der Waals surface area contributed by atoms with Crippen LogP contribution in [0.25, 0.3) is 0 Å². The molecule has 0 radical (unpaired) electrons. The third-order valence-corrected chi connectivity index (χ3v) is 3.79. The summed E-state index contributed by atoms with van der Waals surface area (Å²) in [4.78, 5) is 12.9. The van der Waals surface area contributed by atoms with Crippen LogP contribution >= 0.6 is 24.2 Å². The SMILES string of the molecule is COC(CN)CC(=O)NCC(C)Sc1ccccc1.Cl. The quantitative estimate of drug-likeness (QED) is 0.720. The van der Waals surface area contributed by atoms with E-state index in [1.807, 2.05) is 18.2 Å². The number of methoxy groups -OCH3 is 1. The second-order valence-electron chi connectivity index (χ2n) is 4.34. The number of benzene rings is 1.